The summed E-state index contributed by atoms with van der Waals surface area (Å²) in [4.78, 5) is 4.40. The lowest BCUT2D eigenvalue weighted by atomic mass is 10.1. The van der Waals surface area contributed by atoms with E-state index in [0.717, 1.165) is 18.4 Å². The number of aromatic nitrogens is 2. The minimum Gasteiger partial charge on any atom is -0.369 e. The van der Waals surface area contributed by atoms with Gasteiger partial charge in [0.05, 0.1) is 0 Å². The van der Waals surface area contributed by atoms with Gasteiger partial charge in [0.15, 0.2) is 0 Å². The van der Waals surface area contributed by atoms with Gasteiger partial charge in [-0.2, -0.15) is 4.98 Å². The van der Waals surface area contributed by atoms with E-state index in [0.29, 0.717) is 18.1 Å². The lowest BCUT2D eigenvalue weighted by molar-refractivity contribution is 0.126. The molecule has 0 bridgehead atoms. The Bertz CT molecular complexity index is 513. The Kier molecular flexibility index (Phi) is 5.26. The van der Waals surface area contributed by atoms with Gasteiger partial charge in [0.25, 0.3) is 0 Å². The van der Waals surface area contributed by atoms with Crippen LogP contribution in [0.25, 0.3) is 0 Å². The third kappa shape index (κ3) is 3.65. The molecule has 2 N–H and O–H groups in total. The molecule has 0 fully saturated rings. The summed E-state index contributed by atoms with van der Waals surface area (Å²) in [6, 6.07) is 9.90. The fraction of sp³-hybridized carbons (Fsp3) is 0.467. The zero-order chi connectivity index (χ0) is 14.4. The molecule has 0 saturated carbocycles. The summed E-state index contributed by atoms with van der Waals surface area (Å²) in [5.74, 6) is 1.11. The standard InChI is InChI=1S/C15H21N3O2/c1-3-7-12(16)10-13-17-15(18-20-13)14(19-2)11-8-5-4-6-9-11/h4-6,8-9,12,14H,3,7,10,16H2,1-2H3. The van der Waals surface area contributed by atoms with Crippen molar-refractivity contribution in [1.29, 1.82) is 0 Å². The third-order valence-corrected chi connectivity index (χ3v) is 3.15. The molecule has 5 heteroatoms. The smallest absolute Gasteiger partial charge is 0.228 e. The van der Waals surface area contributed by atoms with Crippen LogP contribution in [0.2, 0.25) is 0 Å². The van der Waals surface area contributed by atoms with E-state index in [1.807, 2.05) is 30.3 Å². The summed E-state index contributed by atoms with van der Waals surface area (Å²) >= 11 is 0. The van der Waals surface area contributed by atoms with Gasteiger partial charge < -0.3 is 15.0 Å². The molecule has 0 aliphatic heterocycles. The highest BCUT2D eigenvalue weighted by Gasteiger charge is 2.20. The summed E-state index contributed by atoms with van der Waals surface area (Å²) in [6.45, 7) is 2.11. The van der Waals surface area contributed by atoms with Crippen molar-refractivity contribution < 1.29 is 9.26 Å². The highest BCUT2D eigenvalue weighted by atomic mass is 16.5. The van der Waals surface area contributed by atoms with E-state index in [1.165, 1.54) is 0 Å². The Hall–Kier alpha value is -1.72. The number of nitrogens with two attached hydrogens (primary N) is 1. The molecule has 0 spiro atoms. The lowest BCUT2D eigenvalue weighted by Crippen LogP contribution is -2.22. The fourth-order valence-corrected chi connectivity index (χ4v) is 2.17. The minimum atomic E-state index is -0.309. The first-order chi connectivity index (χ1) is 9.74. The first kappa shape index (κ1) is 14.7. The van der Waals surface area contributed by atoms with Crippen LogP contribution in [-0.2, 0) is 11.2 Å². The highest BCUT2D eigenvalue weighted by molar-refractivity contribution is 5.22. The molecule has 0 amide bonds. The van der Waals surface area contributed by atoms with Crippen molar-refractivity contribution in [2.45, 2.75) is 38.3 Å². The van der Waals surface area contributed by atoms with Crippen LogP contribution >= 0.6 is 0 Å². The summed E-state index contributed by atoms with van der Waals surface area (Å²) < 4.78 is 10.7. The predicted molar refractivity (Wildman–Crippen MR) is 76.2 cm³/mol. The van der Waals surface area contributed by atoms with Gasteiger partial charge in [0.1, 0.15) is 6.10 Å². The van der Waals surface area contributed by atoms with Crippen molar-refractivity contribution in [3.63, 3.8) is 0 Å². The van der Waals surface area contributed by atoms with Crippen LogP contribution in [-0.4, -0.2) is 23.3 Å². The summed E-state index contributed by atoms with van der Waals surface area (Å²) in [5, 5.41) is 4.01. The number of benzene rings is 1. The topological polar surface area (TPSA) is 74.2 Å². The molecule has 0 aliphatic carbocycles. The molecule has 1 heterocycles. The van der Waals surface area contributed by atoms with Crippen LogP contribution in [0.4, 0.5) is 0 Å². The van der Waals surface area contributed by atoms with E-state index in [2.05, 4.69) is 17.1 Å². The fourth-order valence-electron chi connectivity index (χ4n) is 2.17. The van der Waals surface area contributed by atoms with E-state index in [1.54, 1.807) is 7.11 Å². The Morgan fingerprint density at radius 3 is 2.70 bits per heavy atom. The first-order valence-corrected chi connectivity index (χ1v) is 6.90. The predicted octanol–water partition coefficient (Wildman–Crippen LogP) is 2.48. The van der Waals surface area contributed by atoms with Crippen molar-refractivity contribution in [2.75, 3.05) is 7.11 Å². The van der Waals surface area contributed by atoms with E-state index in [4.69, 9.17) is 15.0 Å². The second-order valence-corrected chi connectivity index (χ2v) is 4.83. The van der Waals surface area contributed by atoms with Gasteiger partial charge in [-0.05, 0) is 12.0 Å². The van der Waals surface area contributed by atoms with Crippen molar-refractivity contribution in [2.24, 2.45) is 5.73 Å². The maximum absolute atomic E-state index is 5.99. The lowest BCUT2D eigenvalue weighted by Gasteiger charge is -2.10. The van der Waals surface area contributed by atoms with Gasteiger partial charge in [-0.3, -0.25) is 0 Å². The molecule has 0 saturated heterocycles. The second kappa shape index (κ2) is 7.17. The van der Waals surface area contributed by atoms with Crippen LogP contribution in [0.15, 0.2) is 34.9 Å². The van der Waals surface area contributed by atoms with Gasteiger partial charge in [-0.1, -0.05) is 48.8 Å². The van der Waals surface area contributed by atoms with Crippen LogP contribution in [0.5, 0.6) is 0 Å². The van der Waals surface area contributed by atoms with E-state index in [9.17, 15) is 0 Å². The largest absolute Gasteiger partial charge is 0.369 e. The summed E-state index contributed by atoms with van der Waals surface area (Å²) in [5.41, 5.74) is 6.99. The van der Waals surface area contributed by atoms with Crippen LogP contribution in [0, 0.1) is 0 Å². The normalized spacial score (nSPS) is 14.2. The molecule has 0 aliphatic rings. The number of hydrogen-bond acceptors (Lipinski definition) is 5. The van der Waals surface area contributed by atoms with Gasteiger partial charge in [-0.25, -0.2) is 0 Å². The number of hydrogen-bond donors (Lipinski definition) is 1. The Balaban J connectivity index is 2.10. The van der Waals surface area contributed by atoms with Crippen molar-refractivity contribution >= 4 is 0 Å². The zero-order valence-electron chi connectivity index (χ0n) is 12.0. The van der Waals surface area contributed by atoms with Gasteiger partial charge >= 0.3 is 0 Å². The number of methoxy groups -OCH3 is 1. The molecule has 2 atom stereocenters. The monoisotopic (exact) mass is 275 g/mol. The molecule has 108 valence electrons. The van der Waals surface area contributed by atoms with Crippen LogP contribution in [0.1, 0.15) is 43.1 Å². The third-order valence-electron chi connectivity index (χ3n) is 3.15. The Morgan fingerprint density at radius 2 is 2.05 bits per heavy atom. The molecule has 2 aromatic rings. The number of nitrogens with zero attached hydrogens (tertiary/aromatic N) is 2. The van der Waals surface area contributed by atoms with Gasteiger partial charge in [0, 0.05) is 19.6 Å². The van der Waals surface area contributed by atoms with Crippen molar-refractivity contribution in [3.05, 3.63) is 47.6 Å². The van der Waals surface area contributed by atoms with Gasteiger partial charge in [0.2, 0.25) is 11.7 Å². The second-order valence-electron chi connectivity index (χ2n) is 4.83. The van der Waals surface area contributed by atoms with Crippen molar-refractivity contribution in [1.82, 2.24) is 10.1 Å². The quantitative estimate of drug-likeness (QED) is 0.840. The molecule has 1 aromatic heterocycles. The molecule has 1 aromatic carbocycles. The Morgan fingerprint density at radius 1 is 1.30 bits per heavy atom. The average molecular weight is 275 g/mol. The highest BCUT2D eigenvalue weighted by Crippen LogP contribution is 2.22. The van der Waals surface area contributed by atoms with Crippen LogP contribution < -0.4 is 5.73 Å². The molecular formula is C15H21N3O2. The SMILES string of the molecule is CCCC(N)Cc1nc(C(OC)c2ccccc2)no1. The average Bonchev–Trinajstić information content (AvgIpc) is 2.89. The van der Waals surface area contributed by atoms with E-state index >= 15 is 0 Å². The van der Waals surface area contributed by atoms with Crippen LogP contribution in [0.3, 0.4) is 0 Å². The van der Waals surface area contributed by atoms with Gasteiger partial charge in [-0.15, -0.1) is 0 Å². The molecular weight excluding hydrogens is 254 g/mol. The summed E-state index contributed by atoms with van der Waals surface area (Å²) in [6.07, 6.45) is 2.29. The van der Waals surface area contributed by atoms with Crippen molar-refractivity contribution in [3.8, 4) is 0 Å². The van der Waals surface area contributed by atoms with E-state index < -0.39 is 0 Å². The zero-order valence-corrected chi connectivity index (χ0v) is 12.0. The number of rotatable bonds is 7. The molecule has 5 nitrogen and oxygen atoms in total. The maximum atomic E-state index is 5.99. The molecule has 20 heavy (non-hydrogen) atoms. The van der Waals surface area contributed by atoms with E-state index in [-0.39, 0.29) is 12.1 Å². The first-order valence-electron chi connectivity index (χ1n) is 6.90. The molecule has 2 rings (SSSR count). The minimum absolute atomic E-state index is 0.0611. The summed E-state index contributed by atoms with van der Waals surface area (Å²) in [7, 11) is 1.64. The number of ether oxygens (including phenoxy) is 1. The molecule has 0 radical (unpaired) electrons. The Labute approximate surface area is 119 Å². The maximum Gasteiger partial charge on any atom is 0.228 e. The molecule has 2 unspecified atom stereocenters.